The fourth-order valence-corrected chi connectivity index (χ4v) is 7.51. The maximum Gasteiger partial charge on any atom is 0.174 e. The van der Waals surface area contributed by atoms with Gasteiger partial charge in [-0.3, -0.25) is 4.79 Å². The molecule has 3 fully saturated rings. The number of hydrogen-bond donors (Lipinski definition) is 3. The number of hydrogen-bond acceptors (Lipinski definition) is 7. The van der Waals surface area contributed by atoms with Gasteiger partial charge >= 0.3 is 0 Å². The Morgan fingerprint density at radius 2 is 1.70 bits per heavy atom. The van der Waals surface area contributed by atoms with Gasteiger partial charge in [-0.2, -0.15) is 0 Å². The SMILES string of the molecule is COC1C(=O)[C@]2(C)C(OC)CC3OC[C@@]3(O)C2[C@H](C)C2(O)CC(O)C(C)=C1C2(C)C.II.[Ac]. The van der Waals surface area contributed by atoms with Crippen molar-refractivity contribution in [3.63, 3.8) is 0 Å². The Morgan fingerprint density at radius 1 is 1.12 bits per heavy atom. The predicted octanol–water partition coefficient (Wildman–Crippen LogP) is 3.00. The zero-order valence-corrected chi connectivity index (χ0v) is 29.5. The molecule has 4 rings (SSSR count). The number of ether oxygens (including phenoxy) is 3. The van der Waals surface area contributed by atoms with Crippen molar-refractivity contribution in [3.05, 3.63) is 11.1 Å². The van der Waals surface area contributed by atoms with Crippen molar-refractivity contribution in [1.29, 1.82) is 0 Å². The second-order valence-electron chi connectivity index (χ2n) is 10.6. The van der Waals surface area contributed by atoms with Gasteiger partial charge in [0.15, 0.2) is 5.78 Å². The minimum Gasteiger partial charge on any atom is -0.389 e. The Hall–Kier alpha value is 2.07. The number of aliphatic hydroxyl groups is 3. The smallest absolute Gasteiger partial charge is 0.174 e. The van der Waals surface area contributed by atoms with Crippen molar-refractivity contribution in [2.75, 3.05) is 20.8 Å². The van der Waals surface area contributed by atoms with E-state index in [0.717, 1.165) is 0 Å². The van der Waals surface area contributed by atoms with Crippen LogP contribution in [0.2, 0.25) is 0 Å². The quantitative estimate of drug-likeness (QED) is 0.290. The molecule has 0 aromatic heterocycles. The first kappa shape index (κ1) is 31.3. The van der Waals surface area contributed by atoms with Gasteiger partial charge in [-0.1, -0.05) is 20.8 Å². The second kappa shape index (κ2) is 10.7. The molecule has 10 heteroatoms. The normalized spacial score (nSPS) is 48.1. The molecule has 1 radical (unpaired) electrons. The molecule has 0 aromatic carbocycles. The molecule has 187 valence electrons. The van der Waals surface area contributed by atoms with Crippen LogP contribution < -0.4 is 0 Å². The van der Waals surface area contributed by atoms with E-state index >= 15 is 0 Å². The summed E-state index contributed by atoms with van der Waals surface area (Å²) in [4.78, 5) is 14.2. The van der Waals surface area contributed by atoms with Gasteiger partial charge in [0.2, 0.25) is 0 Å². The molecule has 4 aliphatic rings. The first-order valence-corrected chi connectivity index (χ1v) is 17.3. The number of methoxy groups -OCH3 is 2. The minimum atomic E-state index is -1.36. The predicted molar refractivity (Wildman–Crippen MR) is 137 cm³/mol. The molecule has 9 atom stereocenters. The molecule has 1 heterocycles. The van der Waals surface area contributed by atoms with Crippen LogP contribution in [0.4, 0.5) is 0 Å². The monoisotopic (exact) mass is 905 g/mol. The average molecular weight is 905 g/mol. The Bertz CT molecular complexity index is 808. The molecule has 3 N–H and O–H groups in total. The van der Waals surface area contributed by atoms with Crippen molar-refractivity contribution in [1.82, 2.24) is 0 Å². The molecular formula is C23H36AcI2O7. The van der Waals surface area contributed by atoms with Gasteiger partial charge in [0, 0.05) is 120 Å². The third-order valence-corrected chi connectivity index (χ3v) is 9.34. The number of rotatable bonds is 2. The van der Waals surface area contributed by atoms with E-state index in [1.165, 1.54) is 7.11 Å². The molecule has 0 spiro atoms. The summed E-state index contributed by atoms with van der Waals surface area (Å²) in [6, 6.07) is 0. The summed E-state index contributed by atoms with van der Waals surface area (Å²) in [5.41, 5.74) is -3.24. The molecule has 1 aliphatic heterocycles. The van der Waals surface area contributed by atoms with Gasteiger partial charge in [-0.25, -0.2) is 0 Å². The van der Waals surface area contributed by atoms with Gasteiger partial charge < -0.3 is 29.5 Å². The second-order valence-corrected chi connectivity index (χ2v) is 10.6. The molecule has 3 aliphatic carbocycles. The van der Waals surface area contributed by atoms with Crippen LogP contribution in [-0.4, -0.2) is 77.5 Å². The van der Waals surface area contributed by atoms with Crippen molar-refractivity contribution < 1.29 is 78.4 Å². The van der Waals surface area contributed by atoms with Crippen LogP contribution in [0.25, 0.3) is 0 Å². The number of carbonyl (C=O) groups is 1. The molecule has 2 saturated carbocycles. The van der Waals surface area contributed by atoms with E-state index in [9.17, 15) is 20.1 Å². The largest absolute Gasteiger partial charge is 0.389 e. The molecule has 0 amide bonds. The van der Waals surface area contributed by atoms with Crippen molar-refractivity contribution in [2.24, 2.45) is 22.7 Å². The van der Waals surface area contributed by atoms with Crippen LogP contribution >= 0.6 is 37.2 Å². The topological polar surface area (TPSA) is 105 Å². The van der Waals surface area contributed by atoms with Crippen molar-refractivity contribution in [3.8, 4) is 0 Å². The van der Waals surface area contributed by atoms with E-state index in [1.54, 1.807) is 7.11 Å². The zero-order valence-electron chi connectivity index (χ0n) is 20.4. The number of Topliss-reactive ketones (excluding diaryl/α,β-unsaturated/α-hetero) is 1. The minimum absolute atomic E-state index is 0. The van der Waals surface area contributed by atoms with Gasteiger partial charge in [-0.05, 0) is 30.9 Å². The summed E-state index contributed by atoms with van der Waals surface area (Å²) in [6.07, 6.45) is -2.24. The number of fused-ring (bicyclic) bond motifs is 5. The van der Waals surface area contributed by atoms with Crippen molar-refractivity contribution in [2.45, 2.75) is 83.1 Å². The summed E-state index contributed by atoms with van der Waals surface area (Å²) in [6.45, 7) is 9.47. The Kier molecular flexibility index (Phi) is 10.1. The van der Waals surface area contributed by atoms with Gasteiger partial charge in [0.25, 0.3) is 0 Å². The fraction of sp³-hybridized carbons (Fsp3) is 0.870. The van der Waals surface area contributed by atoms with E-state index in [2.05, 4.69) is 37.2 Å². The molecule has 0 aromatic rings. The third kappa shape index (κ3) is 4.13. The zero-order chi connectivity index (χ0) is 24.4. The van der Waals surface area contributed by atoms with E-state index in [-0.39, 0.29) is 62.9 Å². The molecular weight excluding hydrogens is 869 g/mol. The summed E-state index contributed by atoms with van der Waals surface area (Å²) in [5.74, 6) is -1.30. The Labute approximate surface area is 256 Å². The fourth-order valence-electron chi connectivity index (χ4n) is 7.51. The van der Waals surface area contributed by atoms with Crippen LogP contribution in [-0.2, 0) is 19.0 Å². The number of aliphatic hydroxyl groups excluding tert-OH is 1. The van der Waals surface area contributed by atoms with Crippen LogP contribution in [0.15, 0.2) is 11.1 Å². The van der Waals surface area contributed by atoms with Crippen molar-refractivity contribution >= 4 is 43.0 Å². The maximum atomic E-state index is 14.2. The van der Waals surface area contributed by atoms with Crippen LogP contribution in [0.1, 0.15) is 47.5 Å². The summed E-state index contributed by atoms with van der Waals surface area (Å²) < 4.78 is 17.3. The first-order chi connectivity index (χ1) is 14.8. The third-order valence-electron chi connectivity index (χ3n) is 9.34. The number of halogens is 2. The Balaban J connectivity index is 0.00000125. The van der Waals surface area contributed by atoms with Gasteiger partial charge in [-0.15, -0.1) is 0 Å². The molecule has 2 bridgehead atoms. The molecule has 6 unspecified atom stereocenters. The molecule has 1 saturated heterocycles. The maximum absolute atomic E-state index is 14.2. The van der Waals surface area contributed by atoms with E-state index in [1.807, 2.05) is 34.6 Å². The van der Waals surface area contributed by atoms with E-state index in [4.69, 9.17) is 14.2 Å². The average Bonchev–Trinajstić information content (AvgIpc) is 2.74. The summed E-state index contributed by atoms with van der Waals surface area (Å²) >= 11 is 4.24. The van der Waals surface area contributed by atoms with Crippen LogP contribution in [0.5, 0.6) is 0 Å². The first-order valence-electron chi connectivity index (χ1n) is 11.0. The van der Waals surface area contributed by atoms with E-state index < -0.39 is 58.3 Å². The van der Waals surface area contributed by atoms with E-state index in [0.29, 0.717) is 17.6 Å². The Morgan fingerprint density at radius 3 is 2.15 bits per heavy atom. The molecule has 7 nitrogen and oxygen atoms in total. The summed E-state index contributed by atoms with van der Waals surface area (Å²) in [7, 11) is 3.05. The number of ketones is 1. The van der Waals surface area contributed by atoms with Crippen LogP contribution in [0.3, 0.4) is 0 Å². The van der Waals surface area contributed by atoms with Gasteiger partial charge in [0.05, 0.1) is 35.9 Å². The van der Waals surface area contributed by atoms with Crippen LogP contribution in [0, 0.1) is 66.7 Å². The number of carbonyl (C=O) groups excluding carboxylic acids is 1. The standard InChI is InChI=1S/C23H36O7.Ac.I2/c1-11-13(24)9-23(27)12(2)18-21(5,14(28-6)8-15-22(18,26)10-30-15)19(25)17(29-7)16(11)20(23,3)4;;1-2/h12-15,17-18,24,26-27H,8-10H2,1-7H3;;/t12-,13?,14?,15?,17?,18?,21+,22-,23?;;/m0../s1. The summed E-state index contributed by atoms with van der Waals surface area (Å²) in [5, 5.41) is 34.8. The van der Waals surface area contributed by atoms with Gasteiger partial charge in [0.1, 0.15) is 11.7 Å². The molecule has 33 heavy (non-hydrogen) atoms.